The zero-order valence-electron chi connectivity index (χ0n) is 10.8. The standard InChI is InChI=1S/C14H18N2OS/c1-10-4-5-12(8-11(10)2)13-9-18-14(17)16(13)7-3-6-15/h4-5,8-9H,3,6-7,15H2,1-2H3. The number of hydrogen-bond acceptors (Lipinski definition) is 3. The van der Waals surface area contributed by atoms with Crippen LogP contribution in [0.25, 0.3) is 11.3 Å². The van der Waals surface area contributed by atoms with Gasteiger partial charge in [0.1, 0.15) is 0 Å². The molecule has 0 aliphatic carbocycles. The Morgan fingerprint density at radius 2 is 2.06 bits per heavy atom. The quantitative estimate of drug-likeness (QED) is 0.920. The highest BCUT2D eigenvalue weighted by Crippen LogP contribution is 2.22. The van der Waals surface area contributed by atoms with Gasteiger partial charge in [-0.05, 0) is 49.6 Å². The summed E-state index contributed by atoms with van der Waals surface area (Å²) in [5, 5.41) is 1.93. The van der Waals surface area contributed by atoms with Gasteiger partial charge in [-0.1, -0.05) is 23.5 Å². The van der Waals surface area contributed by atoms with Gasteiger partial charge >= 0.3 is 4.87 Å². The fourth-order valence-corrected chi connectivity index (χ4v) is 2.71. The second-order valence-electron chi connectivity index (χ2n) is 4.48. The van der Waals surface area contributed by atoms with Gasteiger partial charge in [-0.25, -0.2) is 0 Å². The fourth-order valence-electron chi connectivity index (χ4n) is 1.92. The molecule has 0 fully saturated rings. The molecule has 0 saturated carbocycles. The zero-order valence-corrected chi connectivity index (χ0v) is 11.6. The molecule has 18 heavy (non-hydrogen) atoms. The van der Waals surface area contributed by atoms with Crippen molar-refractivity contribution < 1.29 is 0 Å². The first kappa shape index (κ1) is 13.1. The molecule has 0 aliphatic heterocycles. The van der Waals surface area contributed by atoms with Gasteiger partial charge in [0.05, 0.1) is 5.69 Å². The van der Waals surface area contributed by atoms with E-state index in [-0.39, 0.29) is 4.87 Å². The van der Waals surface area contributed by atoms with Gasteiger partial charge in [0, 0.05) is 11.9 Å². The van der Waals surface area contributed by atoms with Gasteiger partial charge < -0.3 is 5.73 Å². The van der Waals surface area contributed by atoms with E-state index in [2.05, 4.69) is 32.0 Å². The van der Waals surface area contributed by atoms with Gasteiger partial charge in [0.25, 0.3) is 0 Å². The van der Waals surface area contributed by atoms with Crippen LogP contribution in [-0.2, 0) is 6.54 Å². The van der Waals surface area contributed by atoms with Crippen LogP contribution in [0.1, 0.15) is 17.5 Å². The molecule has 0 amide bonds. The summed E-state index contributed by atoms with van der Waals surface area (Å²) in [6.07, 6.45) is 0.828. The number of nitrogens with two attached hydrogens (primary N) is 1. The van der Waals surface area contributed by atoms with E-state index in [4.69, 9.17) is 5.73 Å². The minimum atomic E-state index is 0.0941. The van der Waals surface area contributed by atoms with Crippen LogP contribution in [-0.4, -0.2) is 11.1 Å². The predicted octanol–water partition coefficient (Wildman–Crippen LogP) is 2.54. The highest BCUT2D eigenvalue weighted by Gasteiger charge is 2.09. The lowest BCUT2D eigenvalue weighted by Gasteiger charge is -2.08. The highest BCUT2D eigenvalue weighted by molar-refractivity contribution is 7.07. The molecule has 0 bridgehead atoms. The number of thiazole rings is 1. The largest absolute Gasteiger partial charge is 0.330 e. The van der Waals surface area contributed by atoms with Crippen molar-refractivity contribution >= 4 is 11.3 Å². The van der Waals surface area contributed by atoms with Crippen molar-refractivity contribution in [2.24, 2.45) is 5.73 Å². The van der Waals surface area contributed by atoms with Gasteiger partial charge in [-0.3, -0.25) is 9.36 Å². The van der Waals surface area contributed by atoms with E-state index < -0.39 is 0 Å². The third kappa shape index (κ3) is 2.54. The van der Waals surface area contributed by atoms with Crippen molar-refractivity contribution in [1.82, 2.24) is 4.57 Å². The SMILES string of the molecule is Cc1ccc(-c2csc(=O)n2CCCN)cc1C. The van der Waals surface area contributed by atoms with Crippen LogP contribution in [0.5, 0.6) is 0 Å². The molecule has 0 saturated heterocycles. The van der Waals surface area contributed by atoms with E-state index in [9.17, 15) is 4.79 Å². The highest BCUT2D eigenvalue weighted by atomic mass is 32.1. The Morgan fingerprint density at radius 3 is 2.72 bits per heavy atom. The molecular formula is C14H18N2OS. The maximum atomic E-state index is 11.8. The van der Waals surface area contributed by atoms with Crippen molar-refractivity contribution in [3.8, 4) is 11.3 Å². The first-order chi connectivity index (χ1) is 8.63. The maximum absolute atomic E-state index is 11.8. The molecule has 4 heteroatoms. The van der Waals surface area contributed by atoms with E-state index in [1.54, 1.807) is 0 Å². The molecule has 0 unspecified atom stereocenters. The molecule has 1 heterocycles. The Hall–Kier alpha value is -1.39. The second kappa shape index (κ2) is 5.50. The number of rotatable bonds is 4. The van der Waals surface area contributed by atoms with Crippen molar-refractivity contribution in [1.29, 1.82) is 0 Å². The monoisotopic (exact) mass is 262 g/mol. The van der Waals surface area contributed by atoms with Gasteiger partial charge in [-0.2, -0.15) is 0 Å². The summed E-state index contributed by atoms with van der Waals surface area (Å²) in [7, 11) is 0. The average molecular weight is 262 g/mol. The van der Waals surface area contributed by atoms with E-state index in [0.29, 0.717) is 13.1 Å². The Bertz CT molecular complexity index is 598. The third-order valence-electron chi connectivity index (χ3n) is 3.17. The number of aromatic nitrogens is 1. The first-order valence-electron chi connectivity index (χ1n) is 6.09. The molecule has 2 rings (SSSR count). The molecule has 0 spiro atoms. The van der Waals surface area contributed by atoms with Crippen LogP contribution >= 0.6 is 11.3 Å². The summed E-state index contributed by atoms with van der Waals surface area (Å²) in [5.74, 6) is 0. The van der Waals surface area contributed by atoms with E-state index >= 15 is 0 Å². The van der Waals surface area contributed by atoms with E-state index in [0.717, 1.165) is 17.7 Å². The second-order valence-corrected chi connectivity index (χ2v) is 5.30. The van der Waals surface area contributed by atoms with Crippen LogP contribution in [0.3, 0.4) is 0 Å². The normalized spacial score (nSPS) is 10.8. The third-order valence-corrected chi connectivity index (χ3v) is 3.93. The Morgan fingerprint density at radius 1 is 1.28 bits per heavy atom. The minimum Gasteiger partial charge on any atom is -0.330 e. The summed E-state index contributed by atoms with van der Waals surface area (Å²) in [4.78, 5) is 11.9. The lowest BCUT2D eigenvalue weighted by molar-refractivity contribution is 0.647. The Labute approximate surface area is 111 Å². The van der Waals surface area contributed by atoms with Crippen LogP contribution < -0.4 is 10.6 Å². The maximum Gasteiger partial charge on any atom is 0.307 e. The van der Waals surface area contributed by atoms with Crippen molar-refractivity contribution in [3.63, 3.8) is 0 Å². The molecule has 1 aromatic heterocycles. The number of aryl methyl sites for hydroxylation is 2. The van der Waals surface area contributed by atoms with E-state index in [1.807, 2.05) is 9.95 Å². The van der Waals surface area contributed by atoms with Crippen LogP contribution in [0.15, 0.2) is 28.4 Å². The van der Waals surface area contributed by atoms with Gasteiger partial charge in [-0.15, -0.1) is 0 Å². The Kier molecular flexibility index (Phi) is 3.99. The van der Waals surface area contributed by atoms with Crippen molar-refractivity contribution in [2.45, 2.75) is 26.8 Å². The molecule has 1 aromatic carbocycles. The molecule has 2 N–H and O–H groups in total. The number of benzene rings is 1. The van der Waals surface area contributed by atoms with Crippen LogP contribution in [0, 0.1) is 13.8 Å². The molecule has 3 nitrogen and oxygen atoms in total. The van der Waals surface area contributed by atoms with Crippen LogP contribution in [0.4, 0.5) is 0 Å². The van der Waals surface area contributed by atoms with Crippen molar-refractivity contribution in [2.75, 3.05) is 6.54 Å². The molecule has 0 aliphatic rings. The summed E-state index contributed by atoms with van der Waals surface area (Å²) in [6.45, 7) is 5.48. The number of nitrogens with zero attached hydrogens (tertiary/aromatic N) is 1. The first-order valence-corrected chi connectivity index (χ1v) is 6.97. The molecular weight excluding hydrogens is 244 g/mol. The predicted molar refractivity (Wildman–Crippen MR) is 77.2 cm³/mol. The van der Waals surface area contributed by atoms with E-state index in [1.165, 1.54) is 22.5 Å². The topological polar surface area (TPSA) is 48.0 Å². The molecule has 96 valence electrons. The van der Waals surface area contributed by atoms with Crippen LogP contribution in [0.2, 0.25) is 0 Å². The molecule has 0 atom stereocenters. The lowest BCUT2D eigenvalue weighted by Crippen LogP contribution is -2.16. The lowest BCUT2D eigenvalue weighted by atomic mass is 10.0. The molecule has 2 aromatic rings. The smallest absolute Gasteiger partial charge is 0.307 e. The zero-order chi connectivity index (χ0) is 13.1. The summed E-state index contributed by atoms with van der Waals surface area (Å²) >= 11 is 1.25. The van der Waals surface area contributed by atoms with Gasteiger partial charge in [0.2, 0.25) is 0 Å². The summed E-state index contributed by atoms with van der Waals surface area (Å²) < 4.78 is 1.82. The summed E-state index contributed by atoms with van der Waals surface area (Å²) in [6, 6.07) is 6.30. The number of hydrogen-bond donors (Lipinski definition) is 1. The average Bonchev–Trinajstić information content (AvgIpc) is 2.72. The van der Waals surface area contributed by atoms with Crippen molar-refractivity contribution in [3.05, 3.63) is 44.4 Å². The molecule has 0 radical (unpaired) electrons. The Balaban J connectivity index is 2.43. The van der Waals surface area contributed by atoms with Gasteiger partial charge in [0.15, 0.2) is 0 Å². The minimum absolute atomic E-state index is 0.0941. The summed E-state index contributed by atoms with van der Waals surface area (Å²) in [5.41, 5.74) is 10.1. The fraction of sp³-hybridized carbons (Fsp3) is 0.357.